The first kappa shape index (κ1) is 21.2. The largest absolute Gasteiger partial charge is 0.497 e. The fourth-order valence-corrected chi connectivity index (χ4v) is 5.93. The van der Waals surface area contributed by atoms with Gasteiger partial charge in [0.05, 0.1) is 12.0 Å². The molecule has 0 aromatic heterocycles. The van der Waals surface area contributed by atoms with Gasteiger partial charge in [-0.15, -0.1) is 0 Å². The Kier molecular flexibility index (Phi) is 6.32. The summed E-state index contributed by atoms with van der Waals surface area (Å²) in [5, 5.41) is 0. The van der Waals surface area contributed by atoms with Gasteiger partial charge in [0.15, 0.2) is 0 Å². The van der Waals surface area contributed by atoms with Gasteiger partial charge in [-0.1, -0.05) is 18.2 Å². The zero-order valence-corrected chi connectivity index (χ0v) is 18.5. The first-order chi connectivity index (χ1) is 14.5. The highest BCUT2D eigenvalue weighted by Gasteiger charge is 2.40. The quantitative estimate of drug-likeness (QED) is 0.699. The SMILES string of the molecule is COc1ccc(S(=O)(=O)NC[C@H]2C[C@@H]3CCN2C[C@@H]3CN(C)c2ccccc2)cc1. The summed E-state index contributed by atoms with van der Waals surface area (Å²) in [7, 11) is 0.218. The van der Waals surface area contributed by atoms with Crippen LogP contribution < -0.4 is 14.4 Å². The number of piperidine rings is 3. The predicted molar refractivity (Wildman–Crippen MR) is 119 cm³/mol. The highest BCUT2D eigenvalue weighted by Crippen LogP contribution is 2.37. The molecule has 5 rings (SSSR count). The minimum atomic E-state index is -3.51. The van der Waals surface area contributed by atoms with Crippen LogP contribution in [0.2, 0.25) is 0 Å². The minimum Gasteiger partial charge on any atom is -0.497 e. The van der Waals surface area contributed by atoms with Crippen molar-refractivity contribution in [2.24, 2.45) is 11.8 Å². The molecule has 2 aromatic carbocycles. The number of anilines is 1. The summed E-state index contributed by atoms with van der Waals surface area (Å²) >= 11 is 0. The molecule has 3 aliphatic heterocycles. The number of fused-ring (bicyclic) bond motifs is 3. The third-order valence-electron chi connectivity index (χ3n) is 6.60. The number of para-hydroxylation sites is 1. The second kappa shape index (κ2) is 8.96. The van der Waals surface area contributed by atoms with Crippen molar-refractivity contribution in [3.8, 4) is 5.75 Å². The molecule has 6 nitrogen and oxygen atoms in total. The number of hydrogen-bond acceptors (Lipinski definition) is 5. The van der Waals surface area contributed by atoms with Gasteiger partial charge in [0, 0.05) is 38.4 Å². The molecule has 7 heteroatoms. The first-order valence-electron chi connectivity index (χ1n) is 10.6. The maximum absolute atomic E-state index is 12.7. The molecule has 0 amide bonds. The molecular weight excluding hydrogens is 398 g/mol. The maximum Gasteiger partial charge on any atom is 0.240 e. The summed E-state index contributed by atoms with van der Waals surface area (Å²) in [6.07, 6.45) is 2.26. The van der Waals surface area contributed by atoms with Gasteiger partial charge >= 0.3 is 0 Å². The molecule has 3 heterocycles. The topological polar surface area (TPSA) is 61.9 Å². The lowest BCUT2D eigenvalue weighted by Crippen LogP contribution is -2.58. The molecule has 3 saturated heterocycles. The molecule has 3 fully saturated rings. The number of benzene rings is 2. The van der Waals surface area contributed by atoms with Crippen LogP contribution in [0.1, 0.15) is 12.8 Å². The molecule has 1 unspecified atom stereocenters. The Bertz CT molecular complexity index is 934. The Morgan fingerprint density at radius 3 is 2.50 bits per heavy atom. The Balaban J connectivity index is 1.33. The highest BCUT2D eigenvalue weighted by molar-refractivity contribution is 7.89. The van der Waals surface area contributed by atoms with Crippen molar-refractivity contribution >= 4 is 15.7 Å². The van der Waals surface area contributed by atoms with Crippen molar-refractivity contribution in [2.75, 3.05) is 45.2 Å². The van der Waals surface area contributed by atoms with Crippen LogP contribution in [0, 0.1) is 11.8 Å². The van der Waals surface area contributed by atoms with Gasteiger partial charge in [-0.2, -0.15) is 0 Å². The van der Waals surface area contributed by atoms with Crippen molar-refractivity contribution < 1.29 is 13.2 Å². The van der Waals surface area contributed by atoms with Crippen molar-refractivity contribution in [2.45, 2.75) is 23.8 Å². The van der Waals surface area contributed by atoms with E-state index >= 15 is 0 Å². The monoisotopic (exact) mass is 429 g/mol. The number of hydrogen-bond donors (Lipinski definition) is 1. The molecule has 2 aromatic rings. The van der Waals surface area contributed by atoms with Crippen LogP contribution in [0.15, 0.2) is 59.5 Å². The summed E-state index contributed by atoms with van der Waals surface area (Å²) in [5.74, 6) is 1.92. The van der Waals surface area contributed by atoms with Crippen LogP contribution in [-0.4, -0.2) is 59.7 Å². The molecule has 3 aliphatic rings. The van der Waals surface area contributed by atoms with E-state index in [1.807, 2.05) is 6.07 Å². The zero-order valence-electron chi connectivity index (χ0n) is 17.7. The summed E-state index contributed by atoms with van der Waals surface area (Å²) < 4.78 is 33.3. The average molecular weight is 430 g/mol. The van der Waals surface area contributed by atoms with E-state index in [4.69, 9.17) is 4.74 Å². The number of ether oxygens (including phenoxy) is 1. The van der Waals surface area contributed by atoms with Crippen molar-refractivity contribution in [1.82, 2.24) is 9.62 Å². The average Bonchev–Trinajstić information content (AvgIpc) is 2.79. The summed E-state index contributed by atoms with van der Waals surface area (Å²) in [4.78, 5) is 5.09. The number of rotatable bonds is 8. The molecule has 2 bridgehead atoms. The van der Waals surface area contributed by atoms with Crippen LogP contribution in [0.5, 0.6) is 5.75 Å². The van der Waals surface area contributed by atoms with Gasteiger partial charge in [0.25, 0.3) is 0 Å². The van der Waals surface area contributed by atoms with E-state index in [1.165, 1.54) is 12.1 Å². The van der Waals surface area contributed by atoms with Crippen LogP contribution >= 0.6 is 0 Å². The Hall–Kier alpha value is -2.09. The Labute approximate surface area is 179 Å². The van der Waals surface area contributed by atoms with Crippen LogP contribution in [-0.2, 0) is 10.0 Å². The van der Waals surface area contributed by atoms with E-state index < -0.39 is 10.0 Å². The summed E-state index contributed by atoms with van der Waals surface area (Å²) in [5.41, 5.74) is 1.25. The van der Waals surface area contributed by atoms with Gasteiger partial charge in [-0.3, -0.25) is 4.90 Å². The molecule has 1 N–H and O–H groups in total. The molecule has 162 valence electrons. The standard InChI is InChI=1S/C23H31N3O3S/c1-25(20-6-4-3-5-7-20)16-19-17-26-13-12-18(19)14-21(26)15-24-30(27,28)23-10-8-22(29-2)9-11-23/h3-11,18-19,21,24H,12-17H2,1-2H3/t18-,19-,21+/m0/s1. The minimum absolute atomic E-state index is 0.273. The molecule has 0 spiro atoms. The Morgan fingerprint density at radius 1 is 1.13 bits per heavy atom. The second-order valence-corrected chi connectivity index (χ2v) is 10.2. The molecule has 0 aliphatic carbocycles. The number of nitrogens with one attached hydrogen (secondary N) is 1. The van der Waals surface area contributed by atoms with Crippen molar-refractivity contribution in [3.05, 3.63) is 54.6 Å². The molecular formula is C23H31N3O3S. The number of methoxy groups -OCH3 is 1. The van der Waals surface area contributed by atoms with Gasteiger partial charge in [-0.05, 0) is 67.6 Å². The highest BCUT2D eigenvalue weighted by atomic mass is 32.2. The smallest absolute Gasteiger partial charge is 0.240 e. The van der Waals surface area contributed by atoms with Gasteiger partial charge in [0.1, 0.15) is 5.75 Å². The van der Waals surface area contributed by atoms with Crippen molar-refractivity contribution in [1.29, 1.82) is 0 Å². The van der Waals surface area contributed by atoms with E-state index in [0.717, 1.165) is 26.1 Å². The van der Waals surface area contributed by atoms with E-state index in [1.54, 1.807) is 31.4 Å². The normalized spacial score (nSPS) is 25.8. The van der Waals surface area contributed by atoms with Gasteiger partial charge < -0.3 is 9.64 Å². The van der Waals surface area contributed by atoms with Crippen LogP contribution in [0.3, 0.4) is 0 Å². The first-order valence-corrected chi connectivity index (χ1v) is 12.1. The third-order valence-corrected chi connectivity index (χ3v) is 8.04. The van der Waals surface area contributed by atoms with E-state index in [-0.39, 0.29) is 10.9 Å². The number of sulfonamides is 1. The molecule has 0 radical (unpaired) electrons. The second-order valence-electron chi connectivity index (χ2n) is 8.44. The predicted octanol–water partition coefficient (Wildman–Crippen LogP) is 2.82. The maximum atomic E-state index is 12.7. The van der Waals surface area contributed by atoms with Gasteiger partial charge in [0.2, 0.25) is 10.0 Å². The molecule has 4 atom stereocenters. The van der Waals surface area contributed by atoms with E-state index in [2.05, 4.69) is 45.8 Å². The lowest BCUT2D eigenvalue weighted by Gasteiger charge is -2.50. The summed E-state index contributed by atoms with van der Waals surface area (Å²) in [6.45, 7) is 3.60. The summed E-state index contributed by atoms with van der Waals surface area (Å²) in [6, 6.07) is 17.3. The van der Waals surface area contributed by atoms with E-state index in [0.29, 0.717) is 24.1 Å². The number of nitrogens with zero attached hydrogens (tertiary/aromatic N) is 2. The van der Waals surface area contributed by atoms with Crippen LogP contribution in [0.25, 0.3) is 0 Å². The lowest BCUT2D eigenvalue weighted by atomic mass is 9.75. The van der Waals surface area contributed by atoms with Crippen LogP contribution in [0.4, 0.5) is 5.69 Å². The third kappa shape index (κ3) is 4.63. The van der Waals surface area contributed by atoms with Gasteiger partial charge in [-0.25, -0.2) is 13.1 Å². The molecule has 30 heavy (non-hydrogen) atoms. The Morgan fingerprint density at radius 2 is 1.87 bits per heavy atom. The zero-order chi connectivity index (χ0) is 21.1. The fourth-order valence-electron chi connectivity index (χ4n) is 4.85. The van der Waals surface area contributed by atoms with E-state index in [9.17, 15) is 8.42 Å². The van der Waals surface area contributed by atoms with Crippen molar-refractivity contribution in [3.63, 3.8) is 0 Å². The fraction of sp³-hybridized carbons (Fsp3) is 0.478. The lowest BCUT2D eigenvalue weighted by molar-refractivity contribution is 0.00693. The molecule has 0 saturated carbocycles.